The van der Waals surface area contributed by atoms with Crippen LogP contribution in [-0.4, -0.2) is 54.7 Å². The van der Waals surface area contributed by atoms with Gasteiger partial charge in [0, 0.05) is 30.2 Å². The Morgan fingerprint density at radius 3 is 2.62 bits per heavy atom. The molecule has 2 aromatic carbocycles. The first-order valence-electron chi connectivity index (χ1n) is 11.0. The van der Waals surface area contributed by atoms with Crippen LogP contribution in [0.4, 0.5) is 11.4 Å². The molecule has 0 saturated heterocycles. The van der Waals surface area contributed by atoms with Crippen molar-refractivity contribution >= 4 is 39.1 Å². The Morgan fingerprint density at radius 1 is 1.26 bits per heavy atom. The van der Waals surface area contributed by atoms with Gasteiger partial charge in [-0.25, -0.2) is 18.2 Å². The van der Waals surface area contributed by atoms with Crippen molar-refractivity contribution in [1.82, 2.24) is 9.29 Å². The summed E-state index contributed by atoms with van der Waals surface area (Å²) >= 11 is 1.42. The van der Waals surface area contributed by atoms with Gasteiger partial charge in [-0.15, -0.1) is 11.8 Å². The number of carboxylic acids is 1. The van der Waals surface area contributed by atoms with Crippen LogP contribution in [0.5, 0.6) is 0 Å². The number of anilines is 2. The molecule has 1 aliphatic heterocycles. The van der Waals surface area contributed by atoms with Crippen LogP contribution in [0.3, 0.4) is 0 Å². The molecule has 0 radical (unpaired) electrons. The molecule has 0 spiro atoms. The molecule has 34 heavy (non-hydrogen) atoms. The fourth-order valence-corrected chi connectivity index (χ4v) is 6.31. The van der Waals surface area contributed by atoms with Gasteiger partial charge in [0.05, 0.1) is 17.4 Å². The highest BCUT2D eigenvalue weighted by atomic mass is 32.2. The predicted octanol–water partition coefficient (Wildman–Crippen LogP) is 5.09. The van der Waals surface area contributed by atoms with Crippen LogP contribution in [-0.2, 0) is 10.0 Å². The van der Waals surface area contributed by atoms with Gasteiger partial charge < -0.3 is 14.4 Å². The number of aromatic carboxylic acids is 1. The lowest BCUT2D eigenvalue weighted by atomic mass is 10.1. The number of sulfonamides is 1. The molecule has 10 heteroatoms. The number of likely N-dealkylation sites (N-methyl/N-ethyl adjacent to an activating group) is 1. The standard InChI is InChI=1S/C24H27N3O5S2/c1-4-5-9-17-15-27(16-10-7-6-8-11-16)19-13-21(33-3)18(12-22(19)34(30,31)26(17)2)23-25-14-20(32-23)24(28)29/h6-8,10-14,17H,4-5,9,15H2,1-3H3,(H,28,29). The van der Waals surface area contributed by atoms with Crippen molar-refractivity contribution in [3.8, 4) is 11.5 Å². The molecule has 1 aliphatic rings. The summed E-state index contributed by atoms with van der Waals surface area (Å²) in [6, 6.07) is 12.9. The molecule has 4 rings (SSSR count). The van der Waals surface area contributed by atoms with Gasteiger partial charge in [-0.2, -0.15) is 4.31 Å². The van der Waals surface area contributed by atoms with Gasteiger partial charge in [-0.1, -0.05) is 38.0 Å². The van der Waals surface area contributed by atoms with E-state index in [-0.39, 0.29) is 22.6 Å². The molecular weight excluding hydrogens is 474 g/mol. The number of rotatable bonds is 7. The summed E-state index contributed by atoms with van der Waals surface area (Å²) in [5, 5.41) is 9.23. The summed E-state index contributed by atoms with van der Waals surface area (Å²) < 4.78 is 34.5. The van der Waals surface area contributed by atoms with Crippen molar-refractivity contribution in [2.24, 2.45) is 0 Å². The first-order valence-corrected chi connectivity index (χ1v) is 13.7. The maximum atomic E-state index is 13.8. The van der Waals surface area contributed by atoms with Gasteiger partial charge in [0.25, 0.3) is 0 Å². The second kappa shape index (κ2) is 9.81. The van der Waals surface area contributed by atoms with E-state index in [0.717, 1.165) is 36.0 Å². The first kappa shape index (κ1) is 24.3. The van der Waals surface area contributed by atoms with Gasteiger partial charge >= 0.3 is 5.97 Å². The number of benzene rings is 2. The van der Waals surface area contributed by atoms with Crippen molar-refractivity contribution in [1.29, 1.82) is 0 Å². The summed E-state index contributed by atoms with van der Waals surface area (Å²) in [7, 11) is -2.22. The van der Waals surface area contributed by atoms with Gasteiger partial charge in [0.15, 0.2) is 0 Å². The molecule has 1 aromatic heterocycles. The summed E-state index contributed by atoms with van der Waals surface area (Å²) in [5.74, 6) is -1.47. The maximum Gasteiger partial charge on any atom is 0.373 e. The average molecular weight is 502 g/mol. The number of nitrogens with zero attached hydrogens (tertiary/aromatic N) is 3. The molecule has 1 N–H and O–H groups in total. The lowest BCUT2D eigenvalue weighted by molar-refractivity contribution is 0.0663. The molecule has 3 aromatic rings. The van der Waals surface area contributed by atoms with Crippen molar-refractivity contribution in [3.63, 3.8) is 0 Å². The van der Waals surface area contributed by atoms with E-state index in [9.17, 15) is 18.3 Å². The molecule has 2 heterocycles. The van der Waals surface area contributed by atoms with Crippen molar-refractivity contribution in [2.45, 2.75) is 42.0 Å². The fraction of sp³-hybridized carbons (Fsp3) is 0.333. The fourth-order valence-electron chi connectivity index (χ4n) is 4.14. The molecule has 1 unspecified atom stereocenters. The summed E-state index contributed by atoms with van der Waals surface area (Å²) in [6.07, 6.45) is 5.64. The Labute approximate surface area is 203 Å². The van der Waals surface area contributed by atoms with Crippen LogP contribution in [0.15, 0.2) is 62.9 Å². The highest BCUT2D eigenvalue weighted by Crippen LogP contribution is 2.43. The highest BCUT2D eigenvalue weighted by Gasteiger charge is 2.37. The first-order chi connectivity index (χ1) is 16.3. The number of oxazole rings is 1. The zero-order chi connectivity index (χ0) is 24.5. The number of carbonyl (C=O) groups is 1. The smallest absolute Gasteiger partial charge is 0.373 e. The third-order valence-corrected chi connectivity index (χ3v) is 8.76. The van der Waals surface area contributed by atoms with E-state index in [1.807, 2.05) is 42.7 Å². The quantitative estimate of drug-likeness (QED) is 0.446. The number of aromatic nitrogens is 1. The van der Waals surface area contributed by atoms with Crippen LogP contribution >= 0.6 is 11.8 Å². The number of fused-ring (bicyclic) bond motifs is 1. The molecule has 0 amide bonds. The molecule has 1 atom stereocenters. The number of para-hydroxylation sites is 1. The summed E-state index contributed by atoms with van der Waals surface area (Å²) in [6.45, 7) is 2.61. The van der Waals surface area contributed by atoms with Crippen molar-refractivity contribution < 1.29 is 22.7 Å². The Morgan fingerprint density at radius 2 is 2.00 bits per heavy atom. The van der Waals surface area contributed by atoms with E-state index < -0.39 is 16.0 Å². The highest BCUT2D eigenvalue weighted by molar-refractivity contribution is 7.98. The lowest BCUT2D eigenvalue weighted by Gasteiger charge is -2.29. The minimum Gasteiger partial charge on any atom is -0.475 e. The second-order valence-corrected chi connectivity index (χ2v) is 10.9. The maximum absolute atomic E-state index is 13.8. The summed E-state index contributed by atoms with van der Waals surface area (Å²) in [4.78, 5) is 18.3. The third-order valence-electron chi connectivity index (χ3n) is 6.04. The molecule has 0 bridgehead atoms. The topological polar surface area (TPSA) is 104 Å². The van der Waals surface area contributed by atoms with Crippen LogP contribution in [0, 0.1) is 0 Å². The normalized spacial score (nSPS) is 17.9. The minimum absolute atomic E-state index is 0.0699. The number of hydrogen-bond acceptors (Lipinski definition) is 7. The molecule has 0 fully saturated rings. The second-order valence-electron chi connectivity index (χ2n) is 8.12. The average Bonchev–Trinajstić information content (AvgIpc) is 3.31. The van der Waals surface area contributed by atoms with Gasteiger partial charge in [-0.3, -0.25) is 0 Å². The minimum atomic E-state index is -3.85. The molecule has 180 valence electrons. The van der Waals surface area contributed by atoms with E-state index in [1.54, 1.807) is 13.1 Å². The van der Waals surface area contributed by atoms with E-state index in [1.165, 1.54) is 16.1 Å². The van der Waals surface area contributed by atoms with Crippen molar-refractivity contribution in [3.05, 3.63) is 54.4 Å². The monoisotopic (exact) mass is 501 g/mol. The van der Waals surface area contributed by atoms with Crippen LogP contribution < -0.4 is 4.90 Å². The largest absolute Gasteiger partial charge is 0.475 e. The molecule has 0 aliphatic carbocycles. The lowest BCUT2D eigenvalue weighted by Crippen LogP contribution is -2.40. The third kappa shape index (κ3) is 4.45. The van der Waals surface area contributed by atoms with E-state index >= 15 is 0 Å². The zero-order valence-electron chi connectivity index (χ0n) is 19.3. The van der Waals surface area contributed by atoms with E-state index in [4.69, 9.17) is 4.42 Å². The van der Waals surface area contributed by atoms with Crippen LogP contribution in [0.25, 0.3) is 11.5 Å². The van der Waals surface area contributed by atoms with E-state index in [2.05, 4.69) is 16.8 Å². The molecule has 0 saturated carbocycles. The Balaban J connectivity index is 1.95. The van der Waals surface area contributed by atoms with Crippen molar-refractivity contribution in [2.75, 3.05) is 24.7 Å². The van der Waals surface area contributed by atoms with Gasteiger partial charge in [0.1, 0.15) is 4.90 Å². The molecular formula is C24H27N3O5S2. The Hall–Kier alpha value is -2.82. The number of thioether (sulfide) groups is 1. The molecule has 8 nitrogen and oxygen atoms in total. The predicted molar refractivity (Wildman–Crippen MR) is 132 cm³/mol. The SMILES string of the molecule is CCCCC1CN(c2ccccc2)c2cc(SC)c(-c3ncc(C(=O)O)o3)cc2S(=O)(=O)N1C. The Bertz CT molecular complexity index is 1290. The van der Waals surface area contributed by atoms with Gasteiger partial charge in [0.2, 0.25) is 21.7 Å². The Kier molecular flexibility index (Phi) is 7.01. The van der Waals surface area contributed by atoms with E-state index in [0.29, 0.717) is 17.8 Å². The van der Waals surface area contributed by atoms with Crippen LogP contribution in [0.2, 0.25) is 0 Å². The number of hydrogen-bond donors (Lipinski definition) is 1. The number of carboxylic acid groups (broad SMARTS) is 1. The van der Waals surface area contributed by atoms with Gasteiger partial charge in [-0.05, 0) is 36.9 Å². The summed E-state index contributed by atoms with van der Waals surface area (Å²) in [5.41, 5.74) is 1.92. The zero-order valence-corrected chi connectivity index (χ0v) is 20.9. The van der Waals surface area contributed by atoms with Crippen LogP contribution in [0.1, 0.15) is 36.7 Å². The number of unbranched alkanes of at least 4 members (excludes halogenated alkanes) is 1.